The molecule has 1 heterocycles. The van der Waals surface area contributed by atoms with Crippen molar-refractivity contribution in [1.82, 2.24) is 10.2 Å². The lowest BCUT2D eigenvalue weighted by molar-refractivity contribution is 0.0220. The van der Waals surface area contributed by atoms with Gasteiger partial charge in [0.15, 0.2) is 0 Å². The number of ether oxygens (including phenoxy) is 1. The summed E-state index contributed by atoms with van der Waals surface area (Å²) in [5.74, 6) is -0.184. The number of halogens is 1. The maximum absolute atomic E-state index is 13.5. The van der Waals surface area contributed by atoms with Gasteiger partial charge in [0, 0.05) is 24.7 Å². The zero-order valence-electron chi connectivity index (χ0n) is 14.3. The van der Waals surface area contributed by atoms with Crippen LogP contribution in [0.15, 0.2) is 24.3 Å². The maximum Gasteiger partial charge on any atom is 0.410 e. The third-order valence-corrected chi connectivity index (χ3v) is 3.93. The molecule has 128 valence electrons. The fourth-order valence-corrected chi connectivity index (χ4v) is 2.83. The fraction of sp³-hybridized carbons (Fsp3) is 0.611. The van der Waals surface area contributed by atoms with Gasteiger partial charge in [0.25, 0.3) is 0 Å². The lowest BCUT2D eigenvalue weighted by Crippen LogP contribution is -2.40. The summed E-state index contributed by atoms with van der Waals surface area (Å²) < 4.78 is 19.0. The van der Waals surface area contributed by atoms with E-state index >= 15 is 0 Å². The third-order valence-electron chi connectivity index (χ3n) is 3.93. The highest BCUT2D eigenvalue weighted by molar-refractivity contribution is 5.68. The van der Waals surface area contributed by atoms with Crippen molar-refractivity contribution in [3.05, 3.63) is 35.6 Å². The van der Waals surface area contributed by atoms with Crippen LogP contribution in [-0.2, 0) is 11.3 Å². The Kier molecular flexibility index (Phi) is 5.99. The zero-order valence-corrected chi connectivity index (χ0v) is 14.3. The first-order valence-corrected chi connectivity index (χ1v) is 8.30. The van der Waals surface area contributed by atoms with Crippen LogP contribution in [0, 0.1) is 5.82 Å². The molecule has 1 fully saturated rings. The van der Waals surface area contributed by atoms with E-state index in [1.807, 2.05) is 31.7 Å². The quantitative estimate of drug-likeness (QED) is 0.840. The number of nitrogens with one attached hydrogen (secondary N) is 1. The normalized spacial score (nSPS) is 18.3. The van der Waals surface area contributed by atoms with E-state index in [-0.39, 0.29) is 18.0 Å². The van der Waals surface area contributed by atoms with Crippen LogP contribution in [0.5, 0.6) is 0 Å². The molecule has 1 aliphatic heterocycles. The third kappa shape index (κ3) is 5.50. The van der Waals surface area contributed by atoms with Crippen LogP contribution >= 0.6 is 0 Å². The molecule has 1 unspecified atom stereocenters. The summed E-state index contributed by atoms with van der Waals surface area (Å²) in [5, 5.41) is 3.26. The minimum Gasteiger partial charge on any atom is -0.444 e. The summed E-state index contributed by atoms with van der Waals surface area (Å²) in [6, 6.07) is 6.98. The van der Waals surface area contributed by atoms with Gasteiger partial charge in [0.2, 0.25) is 0 Å². The SMILES string of the molecule is CC(C)(C)OC(=O)N1CCCC1CCNCc1ccccc1F. The number of likely N-dealkylation sites (tertiary alicyclic amines) is 1. The second kappa shape index (κ2) is 7.77. The predicted octanol–water partition coefficient (Wildman–Crippen LogP) is 3.70. The molecule has 0 spiro atoms. The molecule has 0 saturated carbocycles. The van der Waals surface area contributed by atoms with E-state index in [1.54, 1.807) is 12.1 Å². The Morgan fingerprint density at radius 2 is 2.13 bits per heavy atom. The van der Waals surface area contributed by atoms with E-state index in [2.05, 4.69) is 5.32 Å². The molecule has 1 aromatic carbocycles. The molecule has 1 saturated heterocycles. The van der Waals surface area contributed by atoms with Crippen molar-refractivity contribution in [2.45, 2.75) is 58.2 Å². The lowest BCUT2D eigenvalue weighted by Gasteiger charge is -2.28. The van der Waals surface area contributed by atoms with E-state index < -0.39 is 5.60 Å². The van der Waals surface area contributed by atoms with Gasteiger partial charge in [0.05, 0.1) is 0 Å². The van der Waals surface area contributed by atoms with Crippen molar-refractivity contribution < 1.29 is 13.9 Å². The van der Waals surface area contributed by atoms with Crippen LogP contribution in [0.1, 0.15) is 45.6 Å². The molecular weight excluding hydrogens is 295 g/mol. The Hall–Kier alpha value is -1.62. The number of rotatable bonds is 5. The van der Waals surface area contributed by atoms with Gasteiger partial charge in [-0.15, -0.1) is 0 Å². The van der Waals surface area contributed by atoms with Crippen LogP contribution in [0.2, 0.25) is 0 Å². The van der Waals surface area contributed by atoms with Crippen LogP contribution in [0.4, 0.5) is 9.18 Å². The summed E-state index contributed by atoms with van der Waals surface area (Å²) >= 11 is 0. The summed E-state index contributed by atoms with van der Waals surface area (Å²) in [6.45, 7) is 7.65. The van der Waals surface area contributed by atoms with E-state index in [9.17, 15) is 9.18 Å². The Morgan fingerprint density at radius 3 is 2.83 bits per heavy atom. The van der Waals surface area contributed by atoms with Crippen molar-refractivity contribution in [1.29, 1.82) is 0 Å². The topological polar surface area (TPSA) is 41.6 Å². The number of carbonyl (C=O) groups is 1. The van der Waals surface area contributed by atoms with Crippen molar-refractivity contribution in [3.63, 3.8) is 0 Å². The average Bonchev–Trinajstić information content (AvgIpc) is 2.92. The Bertz CT molecular complexity index is 528. The second-order valence-corrected chi connectivity index (χ2v) is 7.03. The molecule has 1 N–H and O–H groups in total. The summed E-state index contributed by atoms with van der Waals surface area (Å²) in [7, 11) is 0. The number of amides is 1. The number of hydrogen-bond acceptors (Lipinski definition) is 3. The molecule has 2 rings (SSSR count). The van der Waals surface area contributed by atoms with E-state index in [0.717, 1.165) is 32.4 Å². The highest BCUT2D eigenvalue weighted by atomic mass is 19.1. The first kappa shape index (κ1) is 17.7. The second-order valence-electron chi connectivity index (χ2n) is 7.03. The van der Waals surface area contributed by atoms with Gasteiger partial charge < -0.3 is 15.0 Å². The molecule has 1 atom stereocenters. The van der Waals surface area contributed by atoms with Crippen molar-refractivity contribution in [2.24, 2.45) is 0 Å². The van der Waals surface area contributed by atoms with Gasteiger partial charge in [-0.25, -0.2) is 9.18 Å². The van der Waals surface area contributed by atoms with Gasteiger partial charge >= 0.3 is 6.09 Å². The Labute approximate surface area is 138 Å². The van der Waals surface area contributed by atoms with Crippen molar-refractivity contribution in [2.75, 3.05) is 13.1 Å². The standard InChI is InChI=1S/C18H27FN2O2/c1-18(2,3)23-17(22)21-12-6-8-15(21)10-11-20-13-14-7-4-5-9-16(14)19/h4-5,7,9,15,20H,6,8,10-13H2,1-3H3. The predicted molar refractivity (Wildman–Crippen MR) is 88.7 cm³/mol. The molecule has 23 heavy (non-hydrogen) atoms. The monoisotopic (exact) mass is 322 g/mol. The summed E-state index contributed by atoms with van der Waals surface area (Å²) in [4.78, 5) is 14.0. The number of hydrogen-bond donors (Lipinski definition) is 1. The van der Waals surface area contributed by atoms with Gasteiger partial charge in [0.1, 0.15) is 11.4 Å². The van der Waals surface area contributed by atoms with Crippen LogP contribution in [-0.4, -0.2) is 35.7 Å². The smallest absolute Gasteiger partial charge is 0.410 e. The van der Waals surface area contributed by atoms with Crippen LogP contribution in [0.3, 0.4) is 0 Å². The highest BCUT2D eigenvalue weighted by Crippen LogP contribution is 2.22. The molecule has 1 amide bonds. The zero-order chi connectivity index (χ0) is 16.9. The number of nitrogens with zero attached hydrogens (tertiary/aromatic N) is 1. The molecule has 5 heteroatoms. The van der Waals surface area contributed by atoms with Crippen molar-refractivity contribution >= 4 is 6.09 Å². The lowest BCUT2D eigenvalue weighted by atomic mass is 10.1. The van der Waals surface area contributed by atoms with Gasteiger partial charge in [-0.3, -0.25) is 0 Å². The number of carbonyl (C=O) groups excluding carboxylic acids is 1. The molecule has 4 nitrogen and oxygen atoms in total. The highest BCUT2D eigenvalue weighted by Gasteiger charge is 2.31. The molecule has 1 aliphatic rings. The average molecular weight is 322 g/mol. The largest absolute Gasteiger partial charge is 0.444 e. The van der Waals surface area contributed by atoms with Gasteiger partial charge in [-0.05, 0) is 52.6 Å². The van der Waals surface area contributed by atoms with Crippen LogP contribution < -0.4 is 5.32 Å². The molecular formula is C18H27FN2O2. The minimum atomic E-state index is -0.465. The van der Waals surface area contributed by atoms with Crippen LogP contribution in [0.25, 0.3) is 0 Å². The molecule has 0 aromatic heterocycles. The molecule has 0 radical (unpaired) electrons. The van der Waals surface area contributed by atoms with Crippen molar-refractivity contribution in [3.8, 4) is 0 Å². The fourth-order valence-electron chi connectivity index (χ4n) is 2.83. The summed E-state index contributed by atoms with van der Waals surface area (Å²) in [5.41, 5.74) is 0.204. The first-order chi connectivity index (χ1) is 10.9. The van der Waals surface area contributed by atoms with E-state index in [1.165, 1.54) is 6.07 Å². The van der Waals surface area contributed by atoms with E-state index in [0.29, 0.717) is 12.1 Å². The Balaban J connectivity index is 1.76. The van der Waals surface area contributed by atoms with Gasteiger partial charge in [-0.1, -0.05) is 18.2 Å². The minimum absolute atomic E-state index is 0.184. The van der Waals surface area contributed by atoms with E-state index in [4.69, 9.17) is 4.74 Å². The Morgan fingerprint density at radius 1 is 1.39 bits per heavy atom. The molecule has 0 bridgehead atoms. The maximum atomic E-state index is 13.5. The molecule has 1 aromatic rings. The summed E-state index contributed by atoms with van der Waals surface area (Å²) in [6.07, 6.45) is 2.64. The first-order valence-electron chi connectivity index (χ1n) is 8.30. The molecule has 0 aliphatic carbocycles. The van der Waals surface area contributed by atoms with Gasteiger partial charge in [-0.2, -0.15) is 0 Å². The number of benzene rings is 1.